The van der Waals surface area contributed by atoms with Crippen molar-refractivity contribution < 1.29 is 14.4 Å². The number of nitrogens with zero attached hydrogens (tertiary/aromatic N) is 2. The summed E-state index contributed by atoms with van der Waals surface area (Å²) in [7, 11) is 0. The second-order valence-electron chi connectivity index (χ2n) is 8.23. The van der Waals surface area contributed by atoms with Gasteiger partial charge in [0, 0.05) is 29.2 Å². The van der Waals surface area contributed by atoms with Crippen LogP contribution in [-0.4, -0.2) is 29.4 Å². The third kappa shape index (κ3) is 5.84. The molecule has 3 N–H and O–H groups in total. The van der Waals surface area contributed by atoms with E-state index in [-0.39, 0.29) is 18.5 Å². The van der Waals surface area contributed by atoms with Crippen molar-refractivity contribution in [3.05, 3.63) is 94.8 Å². The molecule has 3 amide bonds. The minimum Gasteiger partial charge on any atom is -0.335 e. The fourth-order valence-electron chi connectivity index (χ4n) is 3.16. The van der Waals surface area contributed by atoms with Gasteiger partial charge in [0.2, 0.25) is 0 Å². The molecule has 0 fully saturated rings. The number of rotatable bonds is 7. The lowest BCUT2D eigenvalue weighted by Gasteiger charge is -2.16. The molecule has 0 aliphatic carbocycles. The third-order valence-electron chi connectivity index (χ3n) is 5.29. The Labute approximate surface area is 198 Å². The lowest BCUT2D eigenvalue weighted by Crippen LogP contribution is -2.37. The van der Waals surface area contributed by atoms with Gasteiger partial charge in [-0.15, -0.1) is 0 Å². The van der Waals surface area contributed by atoms with E-state index in [1.54, 1.807) is 81.6 Å². The largest absolute Gasteiger partial charge is 0.335 e. The summed E-state index contributed by atoms with van der Waals surface area (Å²) in [6.45, 7) is 5.29. The van der Waals surface area contributed by atoms with Crippen molar-refractivity contribution in [2.24, 2.45) is 0 Å². The zero-order valence-electron chi connectivity index (χ0n) is 19.2. The maximum absolute atomic E-state index is 12.8. The van der Waals surface area contributed by atoms with Crippen LogP contribution in [0, 0.1) is 18.3 Å². The second kappa shape index (κ2) is 10.4. The normalized spacial score (nSPS) is 10.6. The van der Waals surface area contributed by atoms with Crippen LogP contribution in [0.3, 0.4) is 0 Å². The third-order valence-corrected chi connectivity index (χ3v) is 5.29. The molecule has 34 heavy (non-hydrogen) atoms. The Balaban J connectivity index is 1.66. The summed E-state index contributed by atoms with van der Waals surface area (Å²) in [5.74, 6) is -1.10. The van der Waals surface area contributed by atoms with Gasteiger partial charge in [-0.05, 0) is 68.3 Å². The molecular formula is C26H25N5O3. The number of aryl methyl sites for hydroxylation is 1. The zero-order chi connectivity index (χ0) is 24.7. The number of nitriles is 1. The monoisotopic (exact) mass is 455 g/mol. The Bertz CT molecular complexity index is 1260. The van der Waals surface area contributed by atoms with Gasteiger partial charge in [-0.1, -0.05) is 18.2 Å². The first-order chi connectivity index (χ1) is 16.2. The molecule has 1 aromatic heterocycles. The summed E-state index contributed by atoms with van der Waals surface area (Å²) >= 11 is 0. The first-order valence-corrected chi connectivity index (χ1v) is 10.6. The van der Waals surface area contributed by atoms with E-state index < -0.39 is 11.3 Å². The number of nitrogens with one attached hydrogen (secondary N) is 3. The predicted octanol–water partition coefficient (Wildman–Crippen LogP) is 3.56. The van der Waals surface area contributed by atoms with Crippen LogP contribution in [-0.2, 0) is 5.41 Å². The Morgan fingerprint density at radius 2 is 1.68 bits per heavy atom. The number of hydrogen-bond acceptors (Lipinski definition) is 5. The van der Waals surface area contributed by atoms with Crippen LogP contribution in [0.2, 0.25) is 0 Å². The quantitative estimate of drug-likeness (QED) is 0.470. The summed E-state index contributed by atoms with van der Waals surface area (Å²) in [6.07, 6.45) is 3.00. The van der Waals surface area contributed by atoms with Crippen LogP contribution in [0.5, 0.6) is 0 Å². The standard InChI is InChI=1S/C26H25N5O3/c1-17-9-10-21(31-24(33)18-6-4-8-20(12-18)26(2,3)15-27)13-22(17)25(34)30-16-29-23(32)19-7-5-11-28-14-19/h4-14H,16H2,1-3H3,(H,29,32)(H,30,34)(H,31,33). The summed E-state index contributed by atoms with van der Waals surface area (Å²) < 4.78 is 0. The predicted molar refractivity (Wildman–Crippen MR) is 128 cm³/mol. The van der Waals surface area contributed by atoms with Crippen LogP contribution >= 0.6 is 0 Å². The molecule has 0 radical (unpaired) electrons. The summed E-state index contributed by atoms with van der Waals surface area (Å²) in [5, 5.41) is 17.4. The van der Waals surface area contributed by atoms with Crippen molar-refractivity contribution in [2.75, 3.05) is 12.0 Å². The lowest BCUT2D eigenvalue weighted by atomic mass is 9.85. The van der Waals surface area contributed by atoms with Gasteiger partial charge in [-0.3, -0.25) is 19.4 Å². The Morgan fingerprint density at radius 1 is 0.941 bits per heavy atom. The maximum atomic E-state index is 12.8. The minimum atomic E-state index is -0.724. The first-order valence-electron chi connectivity index (χ1n) is 10.6. The highest BCUT2D eigenvalue weighted by molar-refractivity contribution is 6.05. The number of amides is 3. The average molecular weight is 456 g/mol. The van der Waals surface area contributed by atoms with Crippen LogP contribution < -0.4 is 16.0 Å². The fraction of sp³-hybridized carbons (Fsp3) is 0.192. The van der Waals surface area contributed by atoms with Gasteiger partial charge in [-0.2, -0.15) is 5.26 Å². The number of anilines is 1. The van der Waals surface area contributed by atoms with Crippen molar-refractivity contribution in [3.63, 3.8) is 0 Å². The van der Waals surface area contributed by atoms with E-state index in [1.165, 1.54) is 6.20 Å². The van der Waals surface area contributed by atoms with E-state index in [2.05, 4.69) is 27.0 Å². The van der Waals surface area contributed by atoms with Crippen molar-refractivity contribution in [1.29, 1.82) is 5.26 Å². The molecule has 3 aromatic rings. The van der Waals surface area contributed by atoms with Gasteiger partial charge in [0.25, 0.3) is 17.7 Å². The van der Waals surface area contributed by atoms with E-state index in [4.69, 9.17) is 0 Å². The molecule has 0 spiro atoms. The van der Waals surface area contributed by atoms with E-state index >= 15 is 0 Å². The Morgan fingerprint density at radius 3 is 2.38 bits per heavy atom. The molecule has 8 nitrogen and oxygen atoms in total. The summed E-state index contributed by atoms with van der Waals surface area (Å²) in [6, 6.07) is 17.4. The second-order valence-corrected chi connectivity index (χ2v) is 8.23. The lowest BCUT2D eigenvalue weighted by molar-refractivity contribution is 0.0918. The number of carbonyl (C=O) groups excluding carboxylic acids is 3. The topological polar surface area (TPSA) is 124 Å². The molecule has 2 aromatic carbocycles. The maximum Gasteiger partial charge on any atom is 0.255 e. The molecule has 0 unspecified atom stereocenters. The number of carbonyl (C=O) groups is 3. The van der Waals surface area contributed by atoms with Crippen LogP contribution in [0.1, 0.15) is 56.0 Å². The minimum absolute atomic E-state index is 0.0654. The van der Waals surface area contributed by atoms with Gasteiger partial charge in [0.05, 0.1) is 23.7 Å². The highest BCUT2D eigenvalue weighted by Gasteiger charge is 2.21. The number of hydrogen-bond donors (Lipinski definition) is 3. The fourth-order valence-corrected chi connectivity index (χ4v) is 3.16. The molecule has 3 rings (SSSR count). The van der Waals surface area contributed by atoms with Gasteiger partial charge < -0.3 is 16.0 Å². The number of pyridine rings is 1. The van der Waals surface area contributed by atoms with E-state index in [1.807, 2.05) is 0 Å². The molecule has 0 aliphatic heterocycles. The van der Waals surface area contributed by atoms with Crippen molar-refractivity contribution in [2.45, 2.75) is 26.2 Å². The van der Waals surface area contributed by atoms with Crippen molar-refractivity contribution >= 4 is 23.4 Å². The van der Waals surface area contributed by atoms with Crippen molar-refractivity contribution in [1.82, 2.24) is 15.6 Å². The molecule has 1 heterocycles. The average Bonchev–Trinajstić information content (AvgIpc) is 2.85. The number of benzene rings is 2. The Hall–Kier alpha value is -4.51. The molecule has 0 aliphatic rings. The van der Waals surface area contributed by atoms with E-state index in [9.17, 15) is 19.6 Å². The highest BCUT2D eigenvalue weighted by Crippen LogP contribution is 2.23. The van der Waals surface area contributed by atoms with Gasteiger partial charge >= 0.3 is 0 Å². The molecule has 0 bridgehead atoms. The summed E-state index contributed by atoms with van der Waals surface area (Å²) in [5.41, 5.74) is 2.34. The smallest absolute Gasteiger partial charge is 0.255 e. The Kier molecular flexibility index (Phi) is 7.39. The molecule has 0 saturated heterocycles. The number of aromatic nitrogens is 1. The van der Waals surface area contributed by atoms with E-state index in [0.29, 0.717) is 27.9 Å². The van der Waals surface area contributed by atoms with Gasteiger partial charge in [0.1, 0.15) is 0 Å². The van der Waals surface area contributed by atoms with Gasteiger partial charge in [-0.25, -0.2) is 0 Å². The first kappa shape index (κ1) is 24.1. The van der Waals surface area contributed by atoms with Gasteiger partial charge in [0.15, 0.2) is 0 Å². The molecule has 0 saturated carbocycles. The van der Waals surface area contributed by atoms with Crippen molar-refractivity contribution in [3.8, 4) is 6.07 Å². The molecule has 8 heteroatoms. The van der Waals surface area contributed by atoms with E-state index in [0.717, 1.165) is 5.56 Å². The summed E-state index contributed by atoms with van der Waals surface area (Å²) in [4.78, 5) is 41.4. The van der Waals surface area contributed by atoms with Crippen LogP contribution in [0.15, 0.2) is 67.0 Å². The molecule has 172 valence electrons. The van der Waals surface area contributed by atoms with Crippen LogP contribution in [0.25, 0.3) is 0 Å². The zero-order valence-corrected chi connectivity index (χ0v) is 19.2. The van der Waals surface area contributed by atoms with Crippen LogP contribution in [0.4, 0.5) is 5.69 Å². The SMILES string of the molecule is Cc1ccc(NC(=O)c2cccc(C(C)(C)C#N)c2)cc1C(=O)NCNC(=O)c1cccnc1. The molecular weight excluding hydrogens is 430 g/mol. The highest BCUT2D eigenvalue weighted by atomic mass is 16.2. The molecule has 0 atom stereocenters.